The molecule has 0 bridgehead atoms. The van der Waals surface area contributed by atoms with Crippen molar-refractivity contribution in [3.05, 3.63) is 0 Å². The van der Waals surface area contributed by atoms with E-state index in [1.54, 1.807) is 0 Å². The number of thioether (sulfide) groups is 1. The monoisotopic (exact) mass is 298 g/mol. The minimum atomic E-state index is 0.190. The lowest BCUT2D eigenvalue weighted by atomic mass is 9.76. The van der Waals surface area contributed by atoms with E-state index in [-0.39, 0.29) is 5.60 Å². The normalized spacial score (nSPS) is 37.4. The van der Waals surface area contributed by atoms with Gasteiger partial charge in [0.15, 0.2) is 0 Å². The molecular weight excluding hydrogens is 268 g/mol. The molecule has 3 rings (SSSR count). The van der Waals surface area contributed by atoms with E-state index in [4.69, 9.17) is 10.6 Å². The molecule has 1 aliphatic carbocycles. The highest BCUT2D eigenvalue weighted by molar-refractivity contribution is 7.99. The van der Waals surface area contributed by atoms with Gasteiger partial charge in [0.1, 0.15) is 0 Å². The van der Waals surface area contributed by atoms with Crippen molar-refractivity contribution in [1.29, 1.82) is 0 Å². The highest BCUT2D eigenvalue weighted by atomic mass is 32.2. The van der Waals surface area contributed by atoms with Gasteiger partial charge in [-0.25, -0.2) is 0 Å². The van der Waals surface area contributed by atoms with E-state index in [1.165, 1.54) is 69.3 Å². The summed E-state index contributed by atoms with van der Waals surface area (Å²) in [4.78, 5) is 0. The Labute approximate surface area is 127 Å². The second-order valence-electron chi connectivity index (χ2n) is 7.10. The van der Waals surface area contributed by atoms with Gasteiger partial charge in [-0.3, -0.25) is 11.3 Å². The van der Waals surface area contributed by atoms with Crippen LogP contribution < -0.4 is 11.3 Å². The lowest BCUT2D eigenvalue weighted by Gasteiger charge is -2.41. The molecule has 0 aromatic carbocycles. The van der Waals surface area contributed by atoms with Gasteiger partial charge in [-0.05, 0) is 43.3 Å². The summed E-state index contributed by atoms with van der Waals surface area (Å²) < 4.78 is 6.15. The minimum Gasteiger partial charge on any atom is -0.374 e. The predicted molar refractivity (Wildman–Crippen MR) is 85.7 cm³/mol. The summed E-state index contributed by atoms with van der Waals surface area (Å²) in [5, 5.41) is 0. The molecule has 116 valence electrons. The molecule has 1 spiro atoms. The Kier molecular flexibility index (Phi) is 5.29. The zero-order valence-corrected chi connectivity index (χ0v) is 13.4. The van der Waals surface area contributed by atoms with Crippen LogP contribution in [-0.2, 0) is 4.74 Å². The summed E-state index contributed by atoms with van der Waals surface area (Å²) >= 11 is 2.06. The topological polar surface area (TPSA) is 47.3 Å². The van der Waals surface area contributed by atoms with Crippen molar-refractivity contribution in [1.82, 2.24) is 5.43 Å². The number of hydrogen-bond donors (Lipinski definition) is 2. The minimum absolute atomic E-state index is 0.190. The van der Waals surface area contributed by atoms with Gasteiger partial charge in [0.25, 0.3) is 0 Å². The highest BCUT2D eigenvalue weighted by Gasteiger charge is 2.42. The van der Waals surface area contributed by atoms with Crippen LogP contribution in [0.25, 0.3) is 0 Å². The smallest absolute Gasteiger partial charge is 0.0783 e. The van der Waals surface area contributed by atoms with Gasteiger partial charge in [-0.2, -0.15) is 11.8 Å². The number of rotatable bonds is 4. The molecule has 3 fully saturated rings. The zero-order chi connectivity index (χ0) is 13.8. The van der Waals surface area contributed by atoms with Gasteiger partial charge in [0.05, 0.1) is 5.60 Å². The molecule has 1 saturated carbocycles. The summed E-state index contributed by atoms with van der Waals surface area (Å²) in [6.07, 6.45) is 12.1. The number of nitrogens with two attached hydrogens (primary N) is 1. The molecule has 2 heterocycles. The first-order valence-corrected chi connectivity index (χ1v) is 9.65. The van der Waals surface area contributed by atoms with Gasteiger partial charge in [-0.1, -0.05) is 32.1 Å². The third kappa shape index (κ3) is 3.52. The van der Waals surface area contributed by atoms with Crippen LogP contribution >= 0.6 is 11.8 Å². The Morgan fingerprint density at radius 3 is 2.80 bits per heavy atom. The van der Waals surface area contributed by atoms with E-state index in [1.807, 2.05) is 0 Å². The fraction of sp³-hybridized carbons (Fsp3) is 1.00. The molecule has 20 heavy (non-hydrogen) atoms. The first-order valence-electron chi connectivity index (χ1n) is 8.49. The maximum Gasteiger partial charge on any atom is 0.0783 e. The average molecular weight is 298 g/mol. The molecule has 3 N–H and O–H groups in total. The Bertz CT molecular complexity index is 301. The van der Waals surface area contributed by atoms with Crippen molar-refractivity contribution in [2.75, 3.05) is 18.1 Å². The van der Waals surface area contributed by atoms with Crippen molar-refractivity contribution in [3.63, 3.8) is 0 Å². The van der Waals surface area contributed by atoms with E-state index in [0.29, 0.717) is 6.04 Å². The van der Waals surface area contributed by atoms with Crippen LogP contribution in [-0.4, -0.2) is 29.8 Å². The van der Waals surface area contributed by atoms with E-state index in [9.17, 15) is 0 Å². The first-order chi connectivity index (χ1) is 9.81. The van der Waals surface area contributed by atoms with Crippen LogP contribution in [0.5, 0.6) is 0 Å². The Balaban J connectivity index is 1.57. The third-order valence-electron chi connectivity index (χ3n) is 5.69. The lowest BCUT2D eigenvalue weighted by Crippen LogP contribution is -2.49. The van der Waals surface area contributed by atoms with Crippen molar-refractivity contribution in [2.45, 2.75) is 69.4 Å². The van der Waals surface area contributed by atoms with Crippen LogP contribution in [0.15, 0.2) is 0 Å². The third-order valence-corrected chi connectivity index (χ3v) is 6.92. The van der Waals surface area contributed by atoms with Crippen molar-refractivity contribution >= 4 is 11.8 Å². The highest BCUT2D eigenvalue weighted by Crippen LogP contribution is 2.42. The van der Waals surface area contributed by atoms with Crippen LogP contribution in [0.4, 0.5) is 0 Å². The number of hydrogen-bond acceptors (Lipinski definition) is 4. The average Bonchev–Trinajstić information content (AvgIpc) is 2.93. The molecule has 0 amide bonds. The van der Waals surface area contributed by atoms with Crippen LogP contribution in [0.1, 0.15) is 57.8 Å². The summed E-state index contributed by atoms with van der Waals surface area (Å²) in [6, 6.07) is 0.504. The van der Waals surface area contributed by atoms with Crippen molar-refractivity contribution < 1.29 is 4.74 Å². The Morgan fingerprint density at radius 1 is 1.25 bits per heavy atom. The van der Waals surface area contributed by atoms with Gasteiger partial charge in [-0.15, -0.1) is 0 Å². The molecule has 0 aromatic rings. The largest absolute Gasteiger partial charge is 0.374 e. The molecule has 4 heteroatoms. The van der Waals surface area contributed by atoms with Crippen LogP contribution in [0.2, 0.25) is 0 Å². The second-order valence-corrected chi connectivity index (χ2v) is 8.21. The number of hydrazine groups is 1. The van der Waals surface area contributed by atoms with E-state index < -0.39 is 0 Å². The molecule has 2 aliphatic heterocycles. The molecule has 3 aliphatic rings. The van der Waals surface area contributed by atoms with Gasteiger partial charge < -0.3 is 4.74 Å². The van der Waals surface area contributed by atoms with Crippen molar-refractivity contribution in [3.8, 4) is 0 Å². The molecular formula is C16H30N2OS. The first kappa shape index (κ1) is 15.1. The molecule has 3 unspecified atom stereocenters. The molecule has 2 saturated heterocycles. The summed E-state index contributed by atoms with van der Waals surface area (Å²) in [5.41, 5.74) is 3.35. The van der Waals surface area contributed by atoms with Gasteiger partial charge in [0.2, 0.25) is 0 Å². The fourth-order valence-corrected chi connectivity index (χ4v) is 5.83. The molecule has 0 radical (unpaired) electrons. The predicted octanol–water partition coefficient (Wildman–Crippen LogP) is 3.09. The maximum atomic E-state index is 6.15. The fourth-order valence-electron chi connectivity index (χ4n) is 4.45. The quantitative estimate of drug-likeness (QED) is 0.618. The standard InChI is InChI=1S/C16H30N2OS/c17-18-15(10-13-4-2-1-3-5-13)14-6-8-19-16(11-14)7-9-20-12-16/h13-15,18H,1-12,17H2. The Morgan fingerprint density at radius 2 is 2.10 bits per heavy atom. The van der Waals surface area contributed by atoms with Crippen LogP contribution in [0.3, 0.4) is 0 Å². The van der Waals surface area contributed by atoms with Gasteiger partial charge >= 0.3 is 0 Å². The molecule has 3 nitrogen and oxygen atoms in total. The van der Waals surface area contributed by atoms with E-state index in [0.717, 1.165) is 18.4 Å². The Hall–Kier alpha value is 0.230. The summed E-state index contributed by atoms with van der Waals surface area (Å²) in [6.45, 7) is 0.939. The molecule has 0 aromatic heterocycles. The second kappa shape index (κ2) is 6.99. The number of ether oxygens (including phenoxy) is 1. The lowest BCUT2D eigenvalue weighted by molar-refractivity contribution is -0.0864. The molecule has 3 atom stereocenters. The maximum absolute atomic E-state index is 6.15. The van der Waals surface area contributed by atoms with E-state index >= 15 is 0 Å². The number of nitrogens with one attached hydrogen (secondary N) is 1. The van der Waals surface area contributed by atoms with Gasteiger partial charge in [0, 0.05) is 18.4 Å². The van der Waals surface area contributed by atoms with Crippen LogP contribution in [0, 0.1) is 11.8 Å². The summed E-state index contributed by atoms with van der Waals surface area (Å²) in [5.74, 6) is 10.0. The zero-order valence-electron chi connectivity index (χ0n) is 12.6. The van der Waals surface area contributed by atoms with E-state index in [2.05, 4.69) is 17.2 Å². The SMILES string of the molecule is NNC(CC1CCCCC1)C1CCOC2(CCSC2)C1. The van der Waals surface area contributed by atoms with Crippen molar-refractivity contribution in [2.24, 2.45) is 17.7 Å². The summed E-state index contributed by atoms with van der Waals surface area (Å²) in [7, 11) is 0.